The largest absolute Gasteiger partial charge is 0.384 e. The Morgan fingerprint density at radius 3 is 2.90 bits per heavy atom. The molecule has 1 amide bonds. The van der Waals surface area contributed by atoms with Crippen LogP contribution in [0.3, 0.4) is 0 Å². The number of nitrogen functional groups attached to an aromatic ring is 1. The lowest BCUT2D eigenvalue weighted by molar-refractivity contribution is 0.102. The normalized spacial score (nSPS) is 10.5. The van der Waals surface area contributed by atoms with Crippen molar-refractivity contribution < 1.29 is 4.79 Å². The molecule has 0 unspecified atom stereocenters. The van der Waals surface area contributed by atoms with Gasteiger partial charge in [0.05, 0.1) is 5.69 Å². The smallest absolute Gasteiger partial charge is 0.255 e. The fourth-order valence-corrected chi connectivity index (χ4v) is 2.24. The van der Waals surface area contributed by atoms with Crippen molar-refractivity contribution in [1.82, 2.24) is 9.97 Å². The molecule has 0 bridgehead atoms. The molecule has 2 heterocycles. The lowest BCUT2D eigenvalue weighted by Gasteiger charge is -2.09. The van der Waals surface area contributed by atoms with Crippen LogP contribution in [0, 0.1) is 6.92 Å². The molecule has 0 aliphatic rings. The van der Waals surface area contributed by atoms with E-state index in [9.17, 15) is 4.79 Å². The van der Waals surface area contributed by atoms with E-state index in [1.807, 2.05) is 24.3 Å². The first kappa shape index (κ1) is 13.1. The van der Waals surface area contributed by atoms with E-state index in [1.54, 1.807) is 31.5 Å². The maximum atomic E-state index is 12.3. The number of carbonyl (C=O) groups is 1. The Labute approximate surface area is 121 Å². The molecule has 0 aliphatic heterocycles. The molecular formula is C16H14N4O. The van der Waals surface area contributed by atoms with Crippen LogP contribution < -0.4 is 11.1 Å². The number of nitrogens with zero attached hydrogens (tertiary/aromatic N) is 2. The average molecular weight is 278 g/mol. The van der Waals surface area contributed by atoms with E-state index >= 15 is 0 Å². The summed E-state index contributed by atoms with van der Waals surface area (Å²) in [5.74, 6) is 0.114. The van der Waals surface area contributed by atoms with E-state index in [2.05, 4.69) is 15.3 Å². The van der Waals surface area contributed by atoms with Crippen molar-refractivity contribution in [1.29, 1.82) is 0 Å². The second-order valence-corrected chi connectivity index (χ2v) is 4.78. The molecule has 0 saturated heterocycles. The van der Waals surface area contributed by atoms with Crippen LogP contribution in [0.5, 0.6) is 0 Å². The highest BCUT2D eigenvalue weighted by Gasteiger charge is 2.10. The number of nitrogens with one attached hydrogen (secondary N) is 1. The third-order valence-electron chi connectivity index (χ3n) is 3.17. The molecule has 21 heavy (non-hydrogen) atoms. The van der Waals surface area contributed by atoms with Gasteiger partial charge in [0.15, 0.2) is 0 Å². The number of fused-ring (bicyclic) bond motifs is 1. The van der Waals surface area contributed by atoms with Crippen LogP contribution in [0.25, 0.3) is 10.8 Å². The van der Waals surface area contributed by atoms with Gasteiger partial charge in [-0.15, -0.1) is 0 Å². The highest BCUT2D eigenvalue weighted by molar-refractivity contribution is 6.09. The third kappa shape index (κ3) is 2.67. The maximum absolute atomic E-state index is 12.3. The molecule has 0 radical (unpaired) electrons. The molecule has 0 fully saturated rings. The first-order chi connectivity index (χ1) is 10.1. The summed E-state index contributed by atoms with van der Waals surface area (Å²) in [6, 6.07) is 10.9. The molecule has 0 aliphatic carbocycles. The molecule has 2 aromatic heterocycles. The fourth-order valence-electron chi connectivity index (χ4n) is 2.24. The maximum Gasteiger partial charge on any atom is 0.255 e. The van der Waals surface area contributed by atoms with Crippen LogP contribution in [0.15, 0.2) is 48.8 Å². The van der Waals surface area contributed by atoms with Gasteiger partial charge in [0.1, 0.15) is 5.82 Å². The second-order valence-electron chi connectivity index (χ2n) is 4.78. The standard InChI is InChI=1S/C16H14N4O/c1-10-7-12(8-15(17)19-10)16(21)20-14-4-2-3-11-5-6-18-9-13(11)14/h2-9H,1H3,(H2,17,19)(H,20,21). The topological polar surface area (TPSA) is 80.9 Å². The molecule has 0 saturated carbocycles. The Bertz CT molecular complexity index is 804. The van der Waals surface area contributed by atoms with Crippen molar-refractivity contribution in [2.45, 2.75) is 6.92 Å². The van der Waals surface area contributed by atoms with Crippen molar-refractivity contribution in [2.24, 2.45) is 0 Å². The number of hydrogen-bond acceptors (Lipinski definition) is 4. The monoisotopic (exact) mass is 278 g/mol. The number of carbonyl (C=O) groups excluding carboxylic acids is 1. The van der Waals surface area contributed by atoms with Crippen molar-refractivity contribution in [3.63, 3.8) is 0 Å². The molecule has 0 spiro atoms. The van der Waals surface area contributed by atoms with Gasteiger partial charge in [-0.3, -0.25) is 9.78 Å². The van der Waals surface area contributed by atoms with Gasteiger partial charge in [0, 0.05) is 29.0 Å². The van der Waals surface area contributed by atoms with E-state index in [4.69, 9.17) is 5.73 Å². The summed E-state index contributed by atoms with van der Waals surface area (Å²) in [5, 5.41) is 4.81. The molecule has 104 valence electrons. The second kappa shape index (κ2) is 5.20. The summed E-state index contributed by atoms with van der Waals surface area (Å²) in [4.78, 5) is 20.5. The van der Waals surface area contributed by atoms with E-state index in [0.717, 1.165) is 16.5 Å². The molecule has 1 aromatic carbocycles. The number of nitrogens with two attached hydrogens (primary N) is 1. The van der Waals surface area contributed by atoms with Crippen molar-refractivity contribution in [2.75, 3.05) is 11.1 Å². The lowest BCUT2D eigenvalue weighted by atomic mass is 10.1. The molecule has 5 nitrogen and oxygen atoms in total. The number of pyridine rings is 2. The summed E-state index contributed by atoms with van der Waals surface area (Å²) < 4.78 is 0. The van der Waals surface area contributed by atoms with Crippen LogP contribution >= 0.6 is 0 Å². The van der Waals surface area contributed by atoms with Gasteiger partial charge in [-0.25, -0.2) is 4.98 Å². The van der Waals surface area contributed by atoms with Crippen LogP contribution in [0.4, 0.5) is 11.5 Å². The van der Waals surface area contributed by atoms with Crippen LogP contribution in [0.2, 0.25) is 0 Å². The van der Waals surface area contributed by atoms with Crippen LogP contribution in [-0.2, 0) is 0 Å². The quantitative estimate of drug-likeness (QED) is 0.755. The zero-order valence-corrected chi connectivity index (χ0v) is 11.5. The van der Waals surface area contributed by atoms with Gasteiger partial charge in [0.25, 0.3) is 5.91 Å². The summed E-state index contributed by atoms with van der Waals surface area (Å²) in [6.07, 6.45) is 3.46. The van der Waals surface area contributed by atoms with Crippen molar-refractivity contribution in [3.05, 3.63) is 60.0 Å². The number of anilines is 2. The summed E-state index contributed by atoms with van der Waals surface area (Å²) in [7, 11) is 0. The van der Waals surface area contributed by atoms with E-state index in [-0.39, 0.29) is 5.91 Å². The van der Waals surface area contributed by atoms with Crippen molar-refractivity contribution >= 4 is 28.2 Å². The average Bonchev–Trinajstić information content (AvgIpc) is 2.46. The molecule has 3 N–H and O–H groups in total. The number of aromatic nitrogens is 2. The van der Waals surface area contributed by atoms with Gasteiger partial charge in [-0.1, -0.05) is 12.1 Å². The number of rotatable bonds is 2. The van der Waals surface area contributed by atoms with E-state index in [1.165, 1.54) is 0 Å². The minimum absolute atomic E-state index is 0.219. The molecule has 0 atom stereocenters. The highest BCUT2D eigenvalue weighted by atomic mass is 16.1. The van der Waals surface area contributed by atoms with E-state index < -0.39 is 0 Å². The Morgan fingerprint density at radius 1 is 1.24 bits per heavy atom. The summed E-state index contributed by atoms with van der Waals surface area (Å²) in [5.41, 5.74) is 7.60. The van der Waals surface area contributed by atoms with Crippen LogP contribution in [0.1, 0.15) is 16.1 Å². The Balaban J connectivity index is 1.96. The van der Waals surface area contributed by atoms with Gasteiger partial charge in [0.2, 0.25) is 0 Å². The number of amides is 1. The first-order valence-corrected chi connectivity index (χ1v) is 6.52. The highest BCUT2D eigenvalue weighted by Crippen LogP contribution is 2.22. The SMILES string of the molecule is Cc1cc(C(=O)Nc2cccc3ccncc23)cc(N)n1. The number of aryl methyl sites for hydroxylation is 1. The Hall–Kier alpha value is -2.95. The molecule has 3 rings (SSSR count). The zero-order valence-electron chi connectivity index (χ0n) is 11.5. The molecule has 5 heteroatoms. The van der Waals surface area contributed by atoms with E-state index in [0.29, 0.717) is 17.1 Å². The lowest BCUT2D eigenvalue weighted by Crippen LogP contribution is -2.13. The predicted molar refractivity (Wildman–Crippen MR) is 83.1 cm³/mol. The van der Waals surface area contributed by atoms with Gasteiger partial charge in [-0.2, -0.15) is 0 Å². The fraction of sp³-hybridized carbons (Fsp3) is 0.0625. The van der Waals surface area contributed by atoms with Gasteiger partial charge >= 0.3 is 0 Å². The Morgan fingerprint density at radius 2 is 2.10 bits per heavy atom. The zero-order chi connectivity index (χ0) is 14.8. The summed E-state index contributed by atoms with van der Waals surface area (Å²) >= 11 is 0. The molecular weight excluding hydrogens is 264 g/mol. The third-order valence-corrected chi connectivity index (χ3v) is 3.17. The van der Waals surface area contributed by atoms with Crippen LogP contribution in [-0.4, -0.2) is 15.9 Å². The molecule has 3 aromatic rings. The summed E-state index contributed by atoms with van der Waals surface area (Å²) in [6.45, 7) is 1.80. The van der Waals surface area contributed by atoms with Crippen molar-refractivity contribution in [3.8, 4) is 0 Å². The minimum atomic E-state index is -0.219. The first-order valence-electron chi connectivity index (χ1n) is 6.52. The minimum Gasteiger partial charge on any atom is -0.384 e. The number of benzene rings is 1. The van der Waals surface area contributed by atoms with Gasteiger partial charge < -0.3 is 11.1 Å². The predicted octanol–water partition coefficient (Wildman–Crippen LogP) is 2.77. The number of hydrogen-bond donors (Lipinski definition) is 2. The van der Waals surface area contributed by atoms with Gasteiger partial charge in [-0.05, 0) is 36.6 Å². The Kier molecular flexibility index (Phi) is 3.23.